The van der Waals surface area contributed by atoms with Gasteiger partial charge < -0.3 is 9.88 Å². The second kappa shape index (κ2) is 7.67. The van der Waals surface area contributed by atoms with Crippen LogP contribution < -0.4 is 5.32 Å². The first-order chi connectivity index (χ1) is 8.95. The van der Waals surface area contributed by atoms with E-state index in [0.717, 1.165) is 19.6 Å². The highest BCUT2D eigenvalue weighted by Crippen LogP contribution is 2.03. The number of hydrogen-bond acceptors (Lipinski definition) is 2. The van der Waals surface area contributed by atoms with Crippen LogP contribution in [0.3, 0.4) is 0 Å². The largest absolute Gasteiger partial charge is 0.336 e. The second-order valence-electron chi connectivity index (χ2n) is 4.49. The lowest BCUT2D eigenvalue weighted by Gasteiger charge is -2.05. The van der Waals surface area contributed by atoms with Crippen LogP contribution in [-0.4, -0.2) is 22.6 Å². The maximum absolute atomic E-state index is 4.02. The Labute approximate surface area is 109 Å². The molecule has 1 N–H and O–H groups in total. The van der Waals surface area contributed by atoms with Crippen LogP contribution in [0.2, 0.25) is 0 Å². The molecule has 0 spiro atoms. The van der Waals surface area contributed by atoms with Crippen molar-refractivity contribution in [3.05, 3.63) is 54.6 Å². The van der Waals surface area contributed by atoms with Gasteiger partial charge in [-0.25, -0.2) is 4.98 Å². The summed E-state index contributed by atoms with van der Waals surface area (Å²) in [5.41, 5.74) is 1.44. The summed E-state index contributed by atoms with van der Waals surface area (Å²) in [6.07, 6.45) is 9.35. The molecule has 0 amide bonds. The highest BCUT2D eigenvalue weighted by molar-refractivity contribution is 5.14. The second-order valence-corrected chi connectivity index (χ2v) is 4.49. The summed E-state index contributed by atoms with van der Waals surface area (Å²) < 4.78 is 2.09. The number of unbranched alkanes of at least 4 members (excludes halogenated alkanes) is 1. The minimum atomic E-state index is 0.999. The van der Waals surface area contributed by atoms with Crippen molar-refractivity contribution in [1.29, 1.82) is 0 Å². The predicted octanol–water partition coefficient (Wildman–Crippen LogP) is 2.50. The smallest absolute Gasteiger partial charge is 0.0946 e. The lowest BCUT2D eigenvalue weighted by atomic mass is 10.1. The maximum Gasteiger partial charge on any atom is 0.0946 e. The molecule has 0 aliphatic carbocycles. The zero-order valence-electron chi connectivity index (χ0n) is 10.8. The van der Waals surface area contributed by atoms with E-state index in [1.807, 2.05) is 18.7 Å². The summed E-state index contributed by atoms with van der Waals surface area (Å²) in [7, 11) is 0. The van der Waals surface area contributed by atoms with Crippen LogP contribution in [0.25, 0.3) is 0 Å². The van der Waals surface area contributed by atoms with Gasteiger partial charge in [-0.2, -0.15) is 0 Å². The molecule has 2 aromatic rings. The van der Waals surface area contributed by atoms with Crippen molar-refractivity contribution >= 4 is 0 Å². The minimum absolute atomic E-state index is 0.999. The van der Waals surface area contributed by atoms with Crippen molar-refractivity contribution in [2.75, 3.05) is 13.1 Å². The summed E-state index contributed by atoms with van der Waals surface area (Å²) in [4.78, 5) is 4.02. The van der Waals surface area contributed by atoms with E-state index in [2.05, 4.69) is 45.2 Å². The van der Waals surface area contributed by atoms with E-state index in [1.165, 1.54) is 24.8 Å². The quantitative estimate of drug-likeness (QED) is 0.722. The molecule has 0 atom stereocenters. The standard InChI is InChI=1S/C15H21N3/c1-2-6-15(7-3-1)8-4-5-9-16-10-12-18-13-11-17-14-18/h1-3,6-7,11,13-14,16H,4-5,8-10,12H2. The number of aryl methyl sites for hydroxylation is 1. The summed E-state index contributed by atoms with van der Waals surface area (Å²) in [6, 6.07) is 10.7. The van der Waals surface area contributed by atoms with Gasteiger partial charge in [0.15, 0.2) is 0 Å². The molecule has 0 unspecified atom stereocenters. The van der Waals surface area contributed by atoms with E-state index in [4.69, 9.17) is 0 Å². The van der Waals surface area contributed by atoms with Crippen LogP contribution in [0.1, 0.15) is 18.4 Å². The predicted molar refractivity (Wildman–Crippen MR) is 74.5 cm³/mol. The van der Waals surface area contributed by atoms with Gasteiger partial charge >= 0.3 is 0 Å². The molecular formula is C15H21N3. The van der Waals surface area contributed by atoms with Gasteiger partial charge in [0.1, 0.15) is 0 Å². The molecule has 0 aliphatic rings. The minimum Gasteiger partial charge on any atom is -0.336 e. The number of rotatable bonds is 8. The SMILES string of the molecule is c1ccc(CCCCNCCn2ccnc2)cc1. The van der Waals surface area contributed by atoms with Gasteiger partial charge in [0.2, 0.25) is 0 Å². The molecule has 96 valence electrons. The topological polar surface area (TPSA) is 29.9 Å². The van der Waals surface area contributed by atoms with Crippen LogP contribution in [0, 0.1) is 0 Å². The average Bonchev–Trinajstić information content (AvgIpc) is 2.92. The number of imidazole rings is 1. The van der Waals surface area contributed by atoms with Gasteiger partial charge in [0, 0.05) is 25.5 Å². The fraction of sp³-hybridized carbons (Fsp3) is 0.400. The van der Waals surface area contributed by atoms with Crippen molar-refractivity contribution in [2.45, 2.75) is 25.8 Å². The molecule has 0 fully saturated rings. The molecule has 1 aromatic carbocycles. The Morgan fingerprint density at radius 3 is 2.72 bits per heavy atom. The molecule has 0 bridgehead atoms. The number of nitrogens with one attached hydrogen (secondary N) is 1. The van der Waals surface area contributed by atoms with E-state index in [1.54, 1.807) is 0 Å². The van der Waals surface area contributed by atoms with E-state index in [-0.39, 0.29) is 0 Å². The molecule has 0 radical (unpaired) electrons. The van der Waals surface area contributed by atoms with E-state index < -0.39 is 0 Å². The molecule has 1 heterocycles. The zero-order chi connectivity index (χ0) is 12.5. The third-order valence-corrected chi connectivity index (χ3v) is 3.02. The first kappa shape index (κ1) is 12.8. The lowest BCUT2D eigenvalue weighted by Crippen LogP contribution is -2.20. The summed E-state index contributed by atoms with van der Waals surface area (Å²) in [5, 5.41) is 3.46. The molecule has 3 heteroatoms. The molecule has 3 nitrogen and oxygen atoms in total. The van der Waals surface area contributed by atoms with Gasteiger partial charge in [0.05, 0.1) is 6.33 Å². The average molecular weight is 243 g/mol. The first-order valence-corrected chi connectivity index (χ1v) is 6.65. The number of aromatic nitrogens is 2. The van der Waals surface area contributed by atoms with Crippen molar-refractivity contribution in [2.24, 2.45) is 0 Å². The molecule has 2 rings (SSSR count). The van der Waals surface area contributed by atoms with E-state index in [0.29, 0.717) is 0 Å². The molecule has 0 saturated carbocycles. The van der Waals surface area contributed by atoms with Crippen LogP contribution in [0.5, 0.6) is 0 Å². The van der Waals surface area contributed by atoms with Crippen molar-refractivity contribution in [1.82, 2.24) is 14.9 Å². The molecule has 0 saturated heterocycles. The van der Waals surface area contributed by atoms with Crippen LogP contribution in [0.4, 0.5) is 0 Å². The van der Waals surface area contributed by atoms with Gasteiger partial charge in [0.25, 0.3) is 0 Å². The summed E-state index contributed by atoms with van der Waals surface area (Å²) in [5.74, 6) is 0. The fourth-order valence-corrected chi connectivity index (χ4v) is 1.98. The fourth-order valence-electron chi connectivity index (χ4n) is 1.98. The third-order valence-electron chi connectivity index (χ3n) is 3.02. The monoisotopic (exact) mass is 243 g/mol. The number of benzene rings is 1. The van der Waals surface area contributed by atoms with Gasteiger partial charge in [-0.1, -0.05) is 30.3 Å². The van der Waals surface area contributed by atoms with E-state index in [9.17, 15) is 0 Å². The van der Waals surface area contributed by atoms with Gasteiger partial charge in [-0.3, -0.25) is 0 Å². The Hall–Kier alpha value is -1.61. The van der Waals surface area contributed by atoms with Crippen LogP contribution in [-0.2, 0) is 13.0 Å². The Balaban J connectivity index is 1.47. The highest BCUT2D eigenvalue weighted by Gasteiger charge is 1.93. The summed E-state index contributed by atoms with van der Waals surface area (Å²) >= 11 is 0. The van der Waals surface area contributed by atoms with Crippen molar-refractivity contribution in [3.8, 4) is 0 Å². The molecule has 0 aliphatic heterocycles. The highest BCUT2D eigenvalue weighted by atomic mass is 15.0. The van der Waals surface area contributed by atoms with Gasteiger partial charge in [-0.05, 0) is 31.4 Å². The van der Waals surface area contributed by atoms with E-state index >= 15 is 0 Å². The van der Waals surface area contributed by atoms with Crippen molar-refractivity contribution in [3.63, 3.8) is 0 Å². The Morgan fingerprint density at radius 1 is 1.06 bits per heavy atom. The molecular weight excluding hydrogens is 222 g/mol. The number of nitrogens with zero attached hydrogens (tertiary/aromatic N) is 2. The number of hydrogen-bond donors (Lipinski definition) is 1. The van der Waals surface area contributed by atoms with Crippen LogP contribution >= 0.6 is 0 Å². The van der Waals surface area contributed by atoms with Gasteiger partial charge in [-0.15, -0.1) is 0 Å². The Bertz CT molecular complexity index is 409. The third kappa shape index (κ3) is 4.72. The Kier molecular flexibility index (Phi) is 5.47. The lowest BCUT2D eigenvalue weighted by molar-refractivity contribution is 0.572. The van der Waals surface area contributed by atoms with Crippen molar-refractivity contribution < 1.29 is 0 Å². The summed E-state index contributed by atoms with van der Waals surface area (Å²) in [6.45, 7) is 3.11. The molecule has 18 heavy (non-hydrogen) atoms. The van der Waals surface area contributed by atoms with Crippen LogP contribution in [0.15, 0.2) is 49.1 Å². The normalized spacial score (nSPS) is 10.7. The maximum atomic E-state index is 4.02. The zero-order valence-corrected chi connectivity index (χ0v) is 10.8. The first-order valence-electron chi connectivity index (χ1n) is 6.65. The molecule has 1 aromatic heterocycles. The Morgan fingerprint density at radius 2 is 1.94 bits per heavy atom.